The van der Waals surface area contributed by atoms with Gasteiger partial charge in [-0.05, 0) is 31.9 Å². The predicted octanol–water partition coefficient (Wildman–Crippen LogP) is 4.33. The predicted molar refractivity (Wildman–Crippen MR) is 91.6 cm³/mol. The van der Waals surface area contributed by atoms with Gasteiger partial charge in [0.05, 0.1) is 6.61 Å². The molecule has 0 atom stereocenters. The molecular formula is C20H21NO3. The summed E-state index contributed by atoms with van der Waals surface area (Å²) in [6.07, 6.45) is 1.55. The molecule has 0 bridgehead atoms. The molecule has 0 N–H and O–H groups in total. The van der Waals surface area contributed by atoms with Gasteiger partial charge in [-0.25, -0.2) is 4.79 Å². The standard InChI is InChI=1S/C20H21NO3/c1-2-23-19(22)21-13-11-20(12-14-21)15-7-3-5-9-17(15)24-18-10-6-4-8-16(18)20/h3-10H,2,11-14H2,1H3. The molecule has 2 aromatic rings. The van der Waals surface area contributed by atoms with Crippen molar-refractivity contribution in [2.75, 3.05) is 19.7 Å². The summed E-state index contributed by atoms with van der Waals surface area (Å²) in [5.74, 6) is 1.86. The van der Waals surface area contributed by atoms with Crippen LogP contribution >= 0.6 is 0 Å². The first-order valence-corrected chi connectivity index (χ1v) is 8.53. The second-order valence-electron chi connectivity index (χ2n) is 6.36. The highest BCUT2D eigenvalue weighted by atomic mass is 16.6. The molecule has 4 rings (SSSR count). The fraction of sp³-hybridized carbons (Fsp3) is 0.350. The molecule has 2 aliphatic heterocycles. The van der Waals surface area contributed by atoms with E-state index in [2.05, 4.69) is 24.3 Å². The van der Waals surface area contributed by atoms with Gasteiger partial charge in [0.25, 0.3) is 0 Å². The second kappa shape index (κ2) is 5.86. The molecule has 1 saturated heterocycles. The zero-order chi connectivity index (χ0) is 16.6. The maximum atomic E-state index is 12.0. The molecule has 4 heteroatoms. The topological polar surface area (TPSA) is 38.8 Å². The summed E-state index contributed by atoms with van der Waals surface area (Å²) in [7, 11) is 0. The van der Waals surface area contributed by atoms with E-state index in [1.807, 2.05) is 36.1 Å². The fourth-order valence-electron chi connectivity index (χ4n) is 3.99. The molecule has 0 aliphatic carbocycles. The van der Waals surface area contributed by atoms with Gasteiger partial charge in [-0.1, -0.05) is 36.4 Å². The van der Waals surface area contributed by atoms with E-state index in [4.69, 9.17) is 9.47 Å². The van der Waals surface area contributed by atoms with Crippen LogP contribution in [0.5, 0.6) is 11.5 Å². The molecule has 0 saturated carbocycles. The Labute approximate surface area is 142 Å². The van der Waals surface area contributed by atoms with Gasteiger partial charge in [-0.2, -0.15) is 0 Å². The van der Waals surface area contributed by atoms with Crippen LogP contribution in [0.4, 0.5) is 4.79 Å². The first-order valence-electron chi connectivity index (χ1n) is 8.53. The summed E-state index contributed by atoms with van der Waals surface area (Å²) in [5.41, 5.74) is 2.37. The van der Waals surface area contributed by atoms with E-state index >= 15 is 0 Å². The molecule has 124 valence electrons. The lowest BCUT2D eigenvalue weighted by Crippen LogP contribution is -2.46. The van der Waals surface area contributed by atoms with Crippen molar-refractivity contribution >= 4 is 6.09 Å². The van der Waals surface area contributed by atoms with Gasteiger partial charge in [-0.3, -0.25) is 0 Å². The summed E-state index contributed by atoms with van der Waals surface area (Å²) in [5, 5.41) is 0. The molecule has 2 aromatic carbocycles. The molecule has 2 heterocycles. The Balaban J connectivity index is 1.72. The third kappa shape index (κ3) is 2.25. The monoisotopic (exact) mass is 323 g/mol. The number of piperidine rings is 1. The smallest absolute Gasteiger partial charge is 0.409 e. The Kier molecular flexibility index (Phi) is 3.68. The van der Waals surface area contributed by atoms with Gasteiger partial charge in [-0.15, -0.1) is 0 Å². The molecule has 2 aliphatic rings. The number of likely N-dealkylation sites (tertiary alicyclic amines) is 1. The number of nitrogens with zero attached hydrogens (tertiary/aromatic N) is 1. The number of para-hydroxylation sites is 2. The minimum Gasteiger partial charge on any atom is -0.457 e. The molecule has 1 amide bonds. The Morgan fingerprint density at radius 3 is 2.12 bits per heavy atom. The number of rotatable bonds is 1. The van der Waals surface area contributed by atoms with Crippen molar-refractivity contribution < 1.29 is 14.3 Å². The summed E-state index contributed by atoms with van der Waals surface area (Å²) < 4.78 is 11.3. The number of fused-ring (bicyclic) bond motifs is 4. The highest BCUT2D eigenvalue weighted by Crippen LogP contribution is 2.52. The van der Waals surface area contributed by atoms with E-state index in [1.165, 1.54) is 11.1 Å². The van der Waals surface area contributed by atoms with Crippen LogP contribution in [0.25, 0.3) is 0 Å². The number of benzene rings is 2. The second-order valence-corrected chi connectivity index (χ2v) is 6.36. The summed E-state index contributed by atoms with van der Waals surface area (Å²) >= 11 is 0. The van der Waals surface area contributed by atoms with Gasteiger partial charge in [0.1, 0.15) is 11.5 Å². The van der Waals surface area contributed by atoms with Crippen molar-refractivity contribution in [2.45, 2.75) is 25.2 Å². The zero-order valence-corrected chi connectivity index (χ0v) is 13.8. The lowest BCUT2D eigenvalue weighted by Gasteiger charge is -2.45. The Bertz CT molecular complexity index is 715. The maximum Gasteiger partial charge on any atom is 0.409 e. The zero-order valence-electron chi connectivity index (χ0n) is 13.8. The molecule has 1 spiro atoms. The van der Waals surface area contributed by atoms with Crippen molar-refractivity contribution in [2.24, 2.45) is 0 Å². The van der Waals surface area contributed by atoms with Crippen LogP contribution in [-0.4, -0.2) is 30.7 Å². The quantitative estimate of drug-likeness (QED) is 0.784. The average Bonchev–Trinajstić information content (AvgIpc) is 2.63. The van der Waals surface area contributed by atoms with Crippen LogP contribution in [0.3, 0.4) is 0 Å². The van der Waals surface area contributed by atoms with Crippen LogP contribution in [-0.2, 0) is 10.2 Å². The van der Waals surface area contributed by atoms with Crippen molar-refractivity contribution in [1.82, 2.24) is 4.90 Å². The highest BCUT2D eigenvalue weighted by Gasteiger charge is 2.44. The van der Waals surface area contributed by atoms with Crippen LogP contribution in [0.15, 0.2) is 48.5 Å². The first kappa shape index (κ1) is 15.1. The average molecular weight is 323 g/mol. The Hall–Kier alpha value is -2.49. The highest BCUT2D eigenvalue weighted by molar-refractivity contribution is 5.68. The molecule has 0 unspecified atom stereocenters. The van der Waals surface area contributed by atoms with Crippen LogP contribution < -0.4 is 4.74 Å². The number of hydrogen-bond acceptors (Lipinski definition) is 3. The largest absolute Gasteiger partial charge is 0.457 e. The van der Waals surface area contributed by atoms with E-state index in [9.17, 15) is 4.79 Å². The SMILES string of the molecule is CCOC(=O)N1CCC2(CC1)c1ccccc1Oc1ccccc12. The minimum atomic E-state index is -0.207. The van der Waals surface area contributed by atoms with Crippen molar-refractivity contribution in [1.29, 1.82) is 0 Å². The third-order valence-electron chi connectivity index (χ3n) is 5.17. The summed E-state index contributed by atoms with van der Waals surface area (Å²) in [6, 6.07) is 16.5. The van der Waals surface area contributed by atoms with E-state index in [0.29, 0.717) is 19.7 Å². The normalized spacial score (nSPS) is 17.6. The van der Waals surface area contributed by atoms with E-state index < -0.39 is 0 Å². The molecular weight excluding hydrogens is 302 g/mol. The number of carbonyl (C=O) groups is 1. The Morgan fingerprint density at radius 2 is 1.58 bits per heavy atom. The fourth-order valence-corrected chi connectivity index (χ4v) is 3.99. The summed E-state index contributed by atoms with van der Waals surface area (Å²) in [4.78, 5) is 13.9. The van der Waals surface area contributed by atoms with Crippen molar-refractivity contribution in [3.05, 3.63) is 59.7 Å². The van der Waals surface area contributed by atoms with Crippen LogP contribution in [0.1, 0.15) is 30.9 Å². The van der Waals surface area contributed by atoms with E-state index in [1.54, 1.807) is 0 Å². The van der Waals surface area contributed by atoms with Crippen LogP contribution in [0, 0.1) is 0 Å². The molecule has 0 radical (unpaired) electrons. The molecule has 0 aromatic heterocycles. The number of amides is 1. The van der Waals surface area contributed by atoms with Gasteiger partial charge >= 0.3 is 6.09 Å². The number of ether oxygens (including phenoxy) is 2. The summed E-state index contributed by atoms with van der Waals surface area (Å²) in [6.45, 7) is 3.65. The van der Waals surface area contributed by atoms with Gasteiger partial charge in [0.15, 0.2) is 0 Å². The van der Waals surface area contributed by atoms with Gasteiger partial charge in [0, 0.05) is 29.6 Å². The lowest BCUT2D eigenvalue weighted by molar-refractivity contribution is 0.0896. The maximum absolute atomic E-state index is 12.0. The first-order chi connectivity index (χ1) is 11.7. The van der Waals surface area contributed by atoms with Crippen molar-refractivity contribution in [3.8, 4) is 11.5 Å². The lowest BCUT2D eigenvalue weighted by atomic mass is 9.66. The molecule has 4 nitrogen and oxygen atoms in total. The van der Waals surface area contributed by atoms with Crippen LogP contribution in [0.2, 0.25) is 0 Å². The molecule has 1 fully saturated rings. The van der Waals surface area contributed by atoms with E-state index in [0.717, 1.165) is 24.3 Å². The minimum absolute atomic E-state index is 0.0889. The number of hydrogen-bond donors (Lipinski definition) is 0. The van der Waals surface area contributed by atoms with Crippen molar-refractivity contribution in [3.63, 3.8) is 0 Å². The Morgan fingerprint density at radius 1 is 1.04 bits per heavy atom. The number of carbonyl (C=O) groups excluding carboxylic acids is 1. The third-order valence-corrected chi connectivity index (χ3v) is 5.17. The molecule has 24 heavy (non-hydrogen) atoms. The van der Waals surface area contributed by atoms with E-state index in [-0.39, 0.29) is 11.5 Å². The van der Waals surface area contributed by atoms with Gasteiger partial charge < -0.3 is 14.4 Å². The van der Waals surface area contributed by atoms with Gasteiger partial charge in [0.2, 0.25) is 0 Å².